The van der Waals surface area contributed by atoms with E-state index < -0.39 is 0 Å². The second-order valence-electron chi connectivity index (χ2n) is 6.57. The first-order valence-electron chi connectivity index (χ1n) is 8.05. The van der Waals surface area contributed by atoms with Crippen LogP contribution >= 0.6 is 11.6 Å². The highest BCUT2D eigenvalue weighted by molar-refractivity contribution is 6.31. The molecule has 4 atom stereocenters. The normalized spacial score (nSPS) is 31.3. The van der Waals surface area contributed by atoms with Crippen LogP contribution in [0.4, 0.5) is 5.69 Å². The van der Waals surface area contributed by atoms with Gasteiger partial charge in [0.1, 0.15) is 0 Å². The van der Waals surface area contributed by atoms with Crippen LogP contribution in [-0.2, 0) is 9.59 Å². The van der Waals surface area contributed by atoms with Crippen LogP contribution in [0.15, 0.2) is 47.6 Å². The fraction of sp³-hybridized carbons (Fsp3) is 0.368. The maximum atomic E-state index is 13.0. The minimum absolute atomic E-state index is 0.0829. The summed E-state index contributed by atoms with van der Waals surface area (Å²) in [5.41, 5.74) is 3.20. The standard InChI is InChI=1S/C19H18ClNO2/c1-3-10(2)15-13-7-8-14(15)17-16(13)18(22)21(19(17)23)12-6-4-5-11(20)9-12/h4-9,13-14,16-17H,3H2,1-2H3. The van der Waals surface area contributed by atoms with Gasteiger partial charge in [-0.25, -0.2) is 4.90 Å². The fourth-order valence-electron chi connectivity index (χ4n) is 4.41. The molecule has 0 aromatic heterocycles. The number of allylic oxidation sites excluding steroid dienone is 4. The van der Waals surface area contributed by atoms with Crippen LogP contribution in [-0.4, -0.2) is 11.8 Å². The predicted octanol–water partition coefficient (Wildman–Crippen LogP) is 3.99. The fourth-order valence-corrected chi connectivity index (χ4v) is 4.59. The van der Waals surface area contributed by atoms with Gasteiger partial charge in [-0.1, -0.05) is 47.9 Å². The van der Waals surface area contributed by atoms with Crippen LogP contribution in [0.25, 0.3) is 0 Å². The molecule has 1 aliphatic heterocycles. The molecule has 0 radical (unpaired) electrons. The summed E-state index contributed by atoms with van der Waals surface area (Å²) >= 11 is 6.02. The van der Waals surface area contributed by atoms with E-state index in [0.717, 1.165) is 6.42 Å². The zero-order valence-electron chi connectivity index (χ0n) is 13.1. The van der Waals surface area contributed by atoms with Gasteiger partial charge < -0.3 is 0 Å². The quantitative estimate of drug-likeness (QED) is 0.608. The molecule has 2 bridgehead atoms. The van der Waals surface area contributed by atoms with Gasteiger partial charge in [0, 0.05) is 16.9 Å². The number of amides is 2. The van der Waals surface area contributed by atoms with E-state index in [1.807, 2.05) is 0 Å². The van der Waals surface area contributed by atoms with Crippen molar-refractivity contribution < 1.29 is 9.59 Å². The van der Waals surface area contributed by atoms with Crippen molar-refractivity contribution in [2.75, 3.05) is 4.90 Å². The third kappa shape index (κ3) is 1.89. The number of imide groups is 1. The number of rotatable bonds is 2. The topological polar surface area (TPSA) is 37.4 Å². The van der Waals surface area contributed by atoms with Crippen molar-refractivity contribution >= 4 is 29.1 Å². The molecule has 4 heteroatoms. The number of halogens is 1. The summed E-state index contributed by atoms with van der Waals surface area (Å²) in [5.74, 6) is -0.474. The van der Waals surface area contributed by atoms with E-state index in [1.54, 1.807) is 24.3 Å². The Kier molecular flexibility index (Phi) is 3.24. The molecule has 1 aromatic rings. The largest absolute Gasteiger partial charge is 0.274 e. The molecule has 2 amide bonds. The van der Waals surface area contributed by atoms with Gasteiger partial charge in [0.25, 0.3) is 0 Å². The molecule has 1 heterocycles. The minimum Gasteiger partial charge on any atom is -0.274 e. The van der Waals surface area contributed by atoms with Crippen molar-refractivity contribution in [2.24, 2.45) is 23.7 Å². The van der Waals surface area contributed by atoms with Crippen LogP contribution in [0.3, 0.4) is 0 Å². The second-order valence-corrected chi connectivity index (χ2v) is 7.01. The highest BCUT2D eigenvalue weighted by Crippen LogP contribution is 2.57. The van der Waals surface area contributed by atoms with Crippen LogP contribution < -0.4 is 4.90 Å². The number of benzene rings is 1. The molecule has 0 N–H and O–H groups in total. The predicted molar refractivity (Wildman–Crippen MR) is 90.0 cm³/mol. The van der Waals surface area contributed by atoms with E-state index in [1.165, 1.54) is 16.0 Å². The average molecular weight is 328 g/mol. The number of anilines is 1. The van der Waals surface area contributed by atoms with Crippen LogP contribution in [0.2, 0.25) is 5.02 Å². The first-order chi connectivity index (χ1) is 11.0. The van der Waals surface area contributed by atoms with E-state index in [-0.39, 0.29) is 35.5 Å². The molecular formula is C19H18ClNO2. The summed E-state index contributed by atoms with van der Waals surface area (Å²) in [4.78, 5) is 27.3. The third-order valence-corrected chi connectivity index (χ3v) is 5.74. The lowest BCUT2D eigenvalue weighted by Gasteiger charge is -2.19. The Morgan fingerprint density at radius 2 is 1.74 bits per heavy atom. The van der Waals surface area contributed by atoms with Crippen molar-refractivity contribution in [1.82, 2.24) is 0 Å². The van der Waals surface area contributed by atoms with Gasteiger partial charge in [-0.15, -0.1) is 0 Å². The Balaban J connectivity index is 1.76. The molecule has 23 heavy (non-hydrogen) atoms. The average Bonchev–Trinajstić information content (AvgIpc) is 3.17. The van der Waals surface area contributed by atoms with E-state index in [9.17, 15) is 9.59 Å². The molecule has 118 valence electrons. The van der Waals surface area contributed by atoms with E-state index in [2.05, 4.69) is 26.0 Å². The molecular weight excluding hydrogens is 310 g/mol. The zero-order chi connectivity index (χ0) is 16.3. The number of nitrogens with zero attached hydrogens (tertiary/aromatic N) is 1. The van der Waals surface area contributed by atoms with Gasteiger partial charge in [0.05, 0.1) is 17.5 Å². The monoisotopic (exact) mass is 327 g/mol. The number of carbonyl (C=O) groups is 2. The van der Waals surface area contributed by atoms with Crippen molar-refractivity contribution in [3.8, 4) is 0 Å². The number of carbonyl (C=O) groups excluding carboxylic acids is 2. The van der Waals surface area contributed by atoms with E-state index in [0.29, 0.717) is 10.7 Å². The summed E-state index contributed by atoms with van der Waals surface area (Å²) in [6.07, 6.45) is 5.20. The molecule has 3 nitrogen and oxygen atoms in total. The van der Waals surface area contributed by atoms with Gasteiger partial charge in [-0.05, 0) is 31.5 Å². The molecule has 2 fully saturated rings. The summed E-state index contributed by atoms with van der Waals surface area (Å²) in [7, 11) is 0. The third-order valence-electron chi connectivity index (χ3n) is 5.51. The Morgan fingerprint density at radius 1 is 1.13 bits per heavy atom. The SMILES string of the molecule is CCC(C)=C1C2C=CC1C1C(=O)N(c3cccc(Cl)c3)C(=O)C21. The molecule has 1 saturated carbocycles. The van der Waals surface area contributed by atoms with Gasteiger partial charge >= 0.3 is 0 Å². The molecule has 0 spiro atoms. The molecule has 1 saturated heterocycles. The maximum Gasteiger partial charge on any atom is 0.238 e. The van der Waals surface area contributed by atoms with Crippen molar-refractivity contribution in [3.63, 3.8) is 0 Å². The smallest absolute Gasteiger partial charge is 0.238 e. The highest BCUT2D eigenvalue weighted by atomic mass is 35.5. The molecule has 2 aliphatic carbocycles. The van der Waals surface area contributed by atoms with Crippen LogP contribution in [0.1, 0.15) is 20.3 Å². The summed E-state index contributed by atoms with van der Waals surface area (Å²) < 4.78 is 0. The van der Waals surface area contributed by atoms with Crippen LogP contribution in [0, 0.1) is 23.7 Å². The zero-order valence-corrected chi connectivity index (χ0v) is 13.9. The lowest BCUT2D eigenvalue weighted by molar-refractivity contribution is -0.122. The molecule has 4 rings (SSSR count). The van der Waals surface area contributed by atoms with Gasteiger partial charge in [0.15, 0.2) is 0 Å². The minimum atomic E-state index is -0.243. The maximum absolute atomic E-state index is 13.0. The Hall–Kier alpha value is -1.87. The lowest BCUT2D eigenvalue weighted by atomic mass is 9.85. The second kappa shape index (κ2) is 5.07. The van der Waals surface area contributed by atoms with Gasteiger partial charge in [-0.2, -0.15) is 0 Å². The Morgan fingerprint density at radius 3 is 2.26 bits per heavy atom. The summed E-state index contributed by atoms with van der Waals surface area (Å²) in [5, 5.41) is 0.531. The first-order valence-corrected chi connectivity index (χ1v) is 8.43. The Labute approximate surface area is 140 Å². The van der Waals surface area contributed by atoms with Crippen molar-refractivity contribution in [2.45, 2.75) is 20.3 Å². The Bertz CT molecular complexity index is 745. The van der Waals surface area contributed by atoms with Crippen molar-refractivity contribution in [1.29, 1.82) is 0 Å². The van der Waals surface area contributed by atoms with E-state index in [4.69, 9.17) is 11.6 Å². The highest BCUT2D eigenvalue weighted by Gasteiger charge is 2.61. The van der Waals surface area contributed by atoms with Gasteiger partial charge in [0.2, 0.25) is 11.8 Å². The van der Waals surface area contributed by atoms with E-state index >= 15 is 0 Å². The number of hydrogen-bond donors (Lipinski definition) is 0. The van der Waals surface area contributed by atoms with Crippen LogP contribution in [0.5, 0.6) is 0 Å². The summed E-state index contributed by atoms with van der Waals surface area (Å²) in [6.45, 7) is 4.24. The number of hydrogen-bond acceptors (Lipinski definition) is 2. The van der Waals surface area contributed by atoms with Crippen molar-refractivity contribution in [3.05, 3.63) is 52.6 Å². The molecule has 3 aliphatic rings. The first kappa shape index (κ1) is 14.7. The lowest BCUT2D eigenvalue weighted by Crippen LogP contribution is -2.33. The van der Waals surface area contributed by atoms with Gasteiger partial charge in [-0.3, -0.25) is 9.59 Å². The summed E-state index contributed by atoms with van der Waals surface area (Å²) in [6, 6.07) is 6.97. The molecule has 1 aromatic carbocycles. The number of fused-ring (bicyclic) bond motifs is 5. The molecule has 4 unspecified atom stereocenters.